The van der Waals surface area contributed by atoms with Crippen LogP contribution in [-0.2, 0) is 5.41 Å². The van der Waals surface area contributed by atoms with Gasteiger partial charge < -0.3 is 0 Å². The Morgan fingerprint density at radius 1 is 0.500 bits per heavy atom. The molecule has 0 aliphatic rings. The lowest BCUT2D eigenvalue weighted by molar-refractivity contribution is 0.596. The molecule has 0 aliphatic carbocycles. The van der Waals surface area contributed by atoms with Gasteiger partial charge in [-0.3, -0.25) is 0 Å². The quantitative estimate of drug-likeness (QED) is 0.289. The maximum absolute atomic E-state index is 5.14. The number of fused-ring (bicyclic) bond motifs is 1. The van der Waals surface area contributed by atoms with Crippen LogP contribution in [0.2, 0.25) is 0 Å². The Morgan fingerprint density at radius 2 is 1.06 bits per heavy atom. The van der Waals surface area contributed by atoms with Crippen molar-refractivity contribution >= 4 is 10.8 Å². The number of pyridine rings is 1. The lowest BCUT2D eigenvalue weighted by Gasteiger charge is -2.23. The van der Waals surface area contributed by atoms with E-state index in [9.17, 15) is 0 Å². The summed E-state index contributed by atoms with van der Waals surface area (Å²) in [6, 6.07) is 38.6. The molecule has 0 unspecified atom stereocenters. The highest BCUT2D eigenvalue weighted by molar-refractivity contribution is 5.99. The highest BCUT2D eigenvalue weighted by Gasteiger charge is 2.19. The summed E-state index contributed by atoms with van der Waals surface area (Å²) >= 11 is 0. The van der Waals surface area contributed by atoms with Gasteiger partial charge in [0.2, 0.25) is 0 Å². The molecule has 1 nitrogen and oxygen atoms in total. The molecule has 0 saturated heterocycles. The predicted molar refractivity (Wildman–Crippen MR) is 137 cm³/mol. The van der Waals surface area contributed by atoms with E-state index in [0.717, 1.165) is 17.0 Å². The molecule has 32 heavy (non-hydrogen) atoms. The summed E-state index contributed by atoms with van der Waals surface area (Å²) in [5.74, 6) is 0. The third-order valence-electron chi connectivity index (χ3n) is 6.01. The molecular weight excluding hydrogens is 386 g/mol. The number of hydrogen-bond donors (Lipinski definition) is 0. The number of hydrogen-bond acceptors (Lipinski definition) is 1. The van der Waals surface area contributed by atoms with Crippen molar-refractivity contribution in [2.45, 2.75) is 26.2 Å². The van der Waals surface area contributed by atoms with Crippen LogP contribution in [-0.4, -0.2) is 4.98 Å². The van der Waals surface area contributed by atoms with E-state index in [1.807, 2.05) is 6.07 Å². The highest BCUT2D eigenvalue weighted by atomic mass is 14.7. The first-order chi connectivity index (χ1) is 15.5. The van der Waals surface area contributed by atoms with E-state index in [1.165, 1.54) is 33.0 Å². The van der Waals surface area contributed by atoms with Crippen LogP contribution in [0.15, 0.2) is 109 Å². The molecule has 0 N–H and O–H groups in total. The van der Waals surface area contributed by atoms with Crippen molar-refractivity contribution in [2.75, 3.05) is 0 Å². The van der Waals surface area contributed by atoms with Crippen LogP contribution in [0, 0.1) is 0 Å². The van der Waals surface area contributed by atoms with Gasteiger partial charge >= 0.3 is 0 Å². The lowest BCUT2D eigenvalue weighted by Crippen LogP contribution is -2.11. The summed E-state index contributed by atoms with van der Waals surface area (Å²) in [7, 11) is 0. The first-order valence-corrected chi connectivity index (χ1v) is 11.2. The molecule has 156 valence electrons. The van der Waals surface area contributed by atoms with Crippen LogP contribution >= 0.6 is 0 Å². The molecule has 1 aromatic heterocycles. The molecular formula is C31H27N. The van der Waals surface area contributed by atoms with Crippen LogP contribution in [0.1, 0.15) is 26.3 Å². The van der Waals surface area contributed by atoms with E-state index in [0.29, 0.717) is 0 Å². The maximum atomic E-state index is 5.14. The van der Waals surface area contributed by atoms with Crippen molar-refractivity contribution < 1.29 is 0 Å². The van der Waals surface area contributed by atoms with E-state index in [4.69, 9.17) is 4.98 Å². The lowest BCUT2D eigenvalue weighted by atomic mass is 9.82. The second-order valence-electron chi connectivity index (χ2n) is 9.31. The molecule has 0 amide bonds. The van der Waals surface area contributed by atoms with Gasteiger partial charge in [-0.1, -0.05) is 118 Å². The zero-order valence-electron chi connectivity index (χ0n) is 18.8. The standard InChI is InChI=1S/C31H27N/c1-31(2,3)28-19-18-27(25-16-10-11-17-26(25)28)30-21-24(22-12-6-4-7-13-22)20-29(32-30)23-14-8-5-9-15-23/h4-21H,1-3H3. The summed E-state index contributed by atoms with van der Waals surface area (Å²) in [5.41, 5.74) is 8.10. The van der Waals surface area contributed by atoms with Gasteiger partial charge in [0.15, 0.2) is 0 Å². The van der Waals surface area contributed by atoms with Crippen molar-refractivity contribution in [1.82, 2.24) is 4.98 Å². The largest absolute Gasteiger partial charge is 0.248 e. The number of aromatic nitrogens is 1. The minimum atomic E-state index is 0.0760. The molecule has 0 bridgehead atoms. The van der Waals surface area contributed by atoms with Crippen molar-refractivity contribution in [2.24, 2.45) is 0 Å². The highest BCUT2D eigenvalue weighted by Crippen LogP contribution is 2.37. The summed E-state index contributed by atoms with van der Waals surface area (Å²) in [6.45, 7) is 6.82. The van der Waals surface area contributed by atoms with Crippen molar-refractivity contribution in [3.63, 3.8) is 0 Å². The van der Waals surface area contributed by atoms with E-state index in [-0.39, 0.29) is 5.41 Å². The van der Waals surface area contributed by atoms with Gasteiger partial charge in [-0.2, -0.15) is 0 Å². The molecule has 0 radical (unpaired) electrons. The second-order valence-corrected chi connectivity index (χ2v) is 9.31. The van der Waals surface area contributed by atoms with Crippen LogP contribution in [0.25, 0.3) is 44.4 Å². The van der Waals surface area contributed by atoms with E-state index in [2.05, 4.69) is 124 Å². The first-order valence-electron chi connectivity index (χ1n) is 11.2. The Morgan fingerprint density at radius 3 is 1.72 bits per heavy atom. The SMILES string of the molecule is CC(C)(C)c1ccc(-c2cc(-c3ccccc3)cc(-c3ccccc3)n2)c2ccccc12. The van der Waals surface area contributed by atoms with E-state index >= 15 is 0 Å². The summed E-state index contributed by atoms with van der Waals surface area (Å²) in [6.07, 6.45) is 0. The molecule has 0 fully saturated rings. The maximum Gasteiger partial charge on any atom is 0.0721 e. The predicted octanol–water partition coefficient (Wildman–Crippen LogP) is 8.53. The minimum absolute atomic E-state index is 0.0760. The smallest absolute Gasteiger partial charge is 0.0721 e. The van der Waals surface area contributed by atoms with Crippen LogP contribution in [0.3, 0.4) is 0 Å². The van der Waals surface area contributed by atoms with Crippen LogP contribution in [0.5, 0.6) is 0 Å². The molecule has 0 saturated carbocycles. The third-order valence-corrected chi connectivity index (χ3v) is 6.01. The van der Waals surface area contributed by atoms with E-state index < -0.39 is 0 Å². The number of benzene rings is 4. The van der Waals surface area contributed by atoms with Crippen LogP contribution in [0.4, 0.5) is 0 Å². The fraction of sp³-hybridized carbons (Fsp3) is 0.129. The van der Waals surface area contributed by atoms with Gasteiger partial charge in [0.05, 0.1) is 11.4 Å². The fourth-order valence-corrected chi connectivity index (χ4v) is 4.40. The van der Waals surface area contributed by atoms with Gasteiger partial charge in [0, 0.05) is 11.1 Å². The van der Waals surface area contributed by atoms with Gasteiger partial charge in [-0.05, 0) is 45.0 Å². The molecule has 5 aromatic rings. The van der Waals surface area contributed by atoms with Gasteiger partial charge in [-0.25, -0.2) is 4.98 Å². The van der Waals surface area contributed by atoms with Gasteiger partial charge in [0.1, 0.15) is 0 Å². The minimum Gasteiger partial charge on any atom is -0.248 e. The van der Waals surface area contributed by atoms with Gasteiger partial charge in [0.25, 0.3) is 0 Å². The topological polar surface area (TPSA) is 12.9 Å². The molecule has 0 spiro atoms. The molecule has 4 aromatic carbocycles. The third kappa shape index (κ3) is 3.83. The summed E-state index contributed by atoms with van der Waals surface area (Å²) < 4.78 is 0. The summed E-state index contributed by atoms with van der Waals surface area (Å²) in [4.78, 5) is 5.14. The number of nitrogens with zero attached hydrogens (tertiary/aromatic N) is 1. The Kier molecular flexibility index (Phi) is 5.11. The molecule has 0 aliphatic heterocycles. The summed E-state index contributed by atoms with van der Waals surface area (Å²) in [5, 5.41) is 2.54. The number of rotatable bonds is 3. The average Bonchev–Trinajstić information content (AvgIpc) is 2.83. The zero-order chi connectivity index (χ0) is 22.1. The van der Waals surface area contributed by atoms with Crippen molar-refractivity contribution in [1.29, 1.82) is 0 Å². The normalized spacial score (nSPS) is 11.6. The zero-order valence-corrected chi connectivity index (χ0v) is 18.8. The van der Waals surface area contributed by atoms with Crippen LogP contribution < -0.4 is 0 Å². The van der Waals surface area contributed by atoms with Crippen molar-refractivity contribution in [3.05, 3.63) is 115 Å². The fourth-order valence-electron chi connectivity index (χ4n) is 4.40. The molecule has 1 heterocycles. The van der Waals surface area contributed by atoms with E-state index in [1.54, 1.807) is 0 Å². The van der Waals surface area contributed by atoms with Crippen molar-refractivity contribution in [3.8, 4) is 33.6 Å². The van der Waals surface area contributed by atoms with Gasteiger partial charge in [-0.15, -0.1) is 0 Å². The molecule has 5 rings (SSSR count). The Balaban J connectivity index is 1.78. The molecule has 1 heteroatoms. The Hall–Kier alpha value is -3.71. The Labute approximate surface area is 190 Å². The first kappa shape index (κ1) is 20.2. The second kappa shape index (κ2) is 8.09. The molecule has 0 atom stereocenters. The monoisotopic (exact) mass is 413 g/mol. The average molecular weight is 414 g/mol. The Bertz CT molecular complexity index is 1320.